The largest absolute Gasteiger partial charge is 0.468 e. The monoisotopic (exact) mass is 667 g/mol. The minimum atomic E-state index is -0.589. The quantitative estimate of drug-likeness (QED) is 0.164. The second-order valence-corrected chi connectivity index (χ2v) is 17.2. The third-order valence-corrected chi connectivity index (χ3v) is 14.5. The highest BCUT2D eigenvalue weighted by atomic mass is 35.5. The van der Waals surface area contributed by atoms with E-state index in [-0.39, 0.29) is 24.0 Å². The maximum Gasteiger partial charge on any atom is 0.329 e. The molecule has 0 aliphatic heterocycles. The fourth-order valence-electron chi connectivity index (χ4n) is 11.0. The summed E-state index contributed by atoms with van der Waals surface area (Å²) in [7, 11) is 1.37. The number of benzene rings is 1. The van der Waals surface area contributed by atoms with E-state index in [1.54, 1.807) is 17.0 Å². The van der Waals surface area contributed by atoms with Crippen molar-refractivity contribution in [1.29, 1.82) is 0 Å². The molecule has 0 heterocycles. The van der Waals surface area contributed by atoms with Crippen molar-refractivity contribution >= 4 is 29.2 Å². The van der Waals surface area contributed by atoms with Crippen LogP contribution in [-0.2, 0) is 19.1 Å². The van der Waals surface area contributed by atoms with Crippen molar-refractivity contribution in [3.8, 4) is 0 Å². The molecule has 1 aromatic rings. The fourth-order valence-corrected chi connectivity index (χ4v) is 11.1. The lowest BCUT2D eigenvalue weighted by Gasteiger charge is -2.60. The molecule has 4 aliphatic rings. The van der Waals surface area contributed by atoms with Crippen molar-refractivity contribution in [1.82, 2.24) is 0 Å². The lowest BCUT2D eigenvalue weighted by molar-refractivity contribution is -0.153. The van der Waals surface area contributed by atoms with Crippen molar-refractivity contribution in [2.24, 2.45) is 45.8 Å². The van der Waals surface area contributed by atoms with Crippen molar-refractivity contribution in [3.05, 3.63) is 40.9 Å². The molecular formula is C41H62ClNO4. The number of esters is 2. The Morgan fingerprint density at radius 3 is 2.34 bits per heavy atom. The van der Waals surface area contributed by atoms with E-state index >= 15 is 0 Å². The first-order chi connectivity index (χ1) is 22.3. The molecule has 0 radical (unpaired) electrons. The van der Waals surface area contributed by atoms with Crippen molar-refractivity contribution in [2.45, 2.75) is 138 Å². The summed E-state index contributed by atoms with van der Waals surface area (Å²) in [6, 6.07) is 6.64. The van der Waals surface area contributed by atoms with Crippen LogP contribution in [0.5, 0.6) is 0 Å². The Labute approximate surface area is 290 Å². The lowest BCUT2D eigenvalue weighted by Crippen LogP contribution is -2.53. The molecule has 3 saturated carbocycles. The van der Waals surface area contributed by atoms with Crippen LogP contribution in [0.25, 0.3) is 0 Å². The normalized spacial score (nSPS) is 34.4. The maximum absolute atomic E-state index is 13.8. The first kappa shape index (κ1) is 36.3. The molecule has 47 heavy (non-hydrogen) atoms. The van der Waals surface area contributed by atoms with Gasteiger partial charge in [-0.2, -0.15) is 0 Å². The lowest BCUT2D eigenvalue weighted by atomic mass is 9.44. The molecule has 0 N–H and O–H groups in total. The fraction of sp³-hybridized carbons (Fsp3) is 0.756. The molecule has 0 saturated heterocycles. The maximum atomic E-state index is 13.8. The van der Waals surface area contributed by atoms with Crippen LogP contribution in [0.15, 0.2) is 35.9 Å². The van der Waals surface area contributed by atoms with E-state index in [9.17, 15) is 9.59 Å². The van der Waals surface area contributed by atoms with Crippen LogP contribution in [0.1, 0.15) is 126 Å². The minimum Gasteiger partial charge on any atom is -0.468 e. The van der Waals surface area contributed by atoms with Gasteiger partial charge in [0.1, 0.15) is 18.7 Å². The second-order valence-electron chi connectivity index (χ2n) is 16.8. The Balaban J connectivity index is 1.27. The standard InChI is InChI=1S/C41H62ClNO4/c1-9-36(43(26-37(44)46-8)31-16-14-30(42)15-17-31)38(45)47-32-19-22-39(5)29(25-32)13-18-33-34(39)20-24-41(7)35(33)21-23-40(41,6)28(4)12-10-11-27(2)3/h13-17,27-28,32-36H,9-12,18-26H2,1-8H3/t28-,32+,33-,34?,35+,36-,39+,40-,41+/m1/s1. The first-order valence-corrected chi connectivity index (χ1v) is 19.1. The number of fused-ring (bicyclic) bond motifs is 5. The van der Waals surface area contributed by atoms with Crippen LogP contribution < -0.4 is 4.90 Å². The second kappa shape index (κ2) is 14.5. The zero-order valence-electron chi connectivity index (χ0n) is 30.6. The Bertz CT molecular complexity index is 1290. The summed E-state index contributed by atoms with van der Waals surface area (Å²) in [5.41, 5.74) is 3.32. The van der Waals surface area contributed by atoms with Gasteiger partial charge in [0.15, 0.2) is 0 Å². The summed E-state index contributed by atoms with van der Waals surface area (Å²) in [6.45, 7) is 17.1. The van der Waals surface area contributed by atoms with E-state index in [1.165, 1.54) is 64.0 Å². The van der Waals surface area contributed by atoms with Gasteiger partial charge >= 0.3 is 11.9 Å². The number of halogens is 1. The molecule has 0 amide bonds. The number of carbonyl (C=O) groups is 2. The number of anilines is 1. The molecule has 5 nitrogen and oxygen atoms in total. The Morgan fingerprint density at radius 1 is 0.979 bits per heavy atom. The predicted octanol–water partition coefficient (Wildman–Crippen LogP) is 10.4. The molecule has 4 aliphatic carbocycles. The van der Waals surface area contributed by atoms with E-state index < -0.39 is 12.0 Å². The van der Waals surface area contributed by atoms with Crippen LogP contribution in [0.4, 0.5) is 5.69 Å². The van der Waals surface area contributed by atoms with Gasteiger partial charge in [-0.1, -0.05) is 91.0 Å². The zero-order valence-corrected chi connectivity index (χ0v) is 31.3. The molecule has 9 atom stereocenters. The highest BCUT2D eigenvalue weighted by Gasteiger charge is 2.63. The van der Waals surface area contributed by atoms with Gasteiger partial charge in [0.05, 0.1) is 7.11 Å². The molecule has 0 aromatic heterocycles. The van der Waals surface area contributed by atoms with Gasteiger partial charge in [-0.05, 0) is 121 Å². The molecule has 0 spiro atoms. The summed E-state index contributed by atoms with van der Waals surface area (Å²) in [5, 5.41) is 0.604. The highest BCUT2D eigenvalue weighted by Crippen LogP contribution is 2.71. The van der Waals surface area contributed by atoms with Crippen molar-refractivity contribution < 1.29 is 19.1 Å². The van der Waals surface area contributed by atoms with Gasteiger partial charge in [-0.25, -0.2) is 4.79 Å². The van der Waals surface area contributed by atoms with E-state index in [0.29, 0.717) is 22.3 Å². The van der Waals surface area contributed by atoms with Crippen LogP contribution in [0.2, 0.25) is 5.02 Å². The molecular weight excluding hydrogens is 606 g/mol. The SMILES string of the molecule is CC[C@H](C(=O)O[C@H]1CC[C@@]2(C)C(=CC[C@@H]3C2CC[C@@]2(C)[C@H]3CC[C@]2(C)[C@H](C)CCCC(C)C)C1)N(CC(=O)OC)c1ccc(Cl)cc1. The number of ether oxygens (including phenoxy) is 2. The topological polar surface area (TPSA) is 55.8 Å². The number of rotatable bonds is 12. The van der Waals surface area contributed by atoms with Gasteiger partial charge in [-0.3, -0.25) is 4.79 Å². The third kappa shape index (κ3) is 6.90. The number of hydrogen-bond donors (Lipinski definition) is 0. The van der Waals surface area contributed by atoms with E-state index in [2.05, 4.69) is 47.6 Å². The van der Waals surface area contributed by atoms with Crippen LogP contribution in [-0.4, -0.2) is 37.7 Å². The van der Waals surface area contributed by atoms with Crippen molar-refractivity contribution in [2.75, 3.05) is 18.6 Å². The third-order valence-electron chi connectivity index (χ3n) is 14.2. The van der Waals surface area contributed by atoms with Gasteiger partial charge in [-0.15, -0.1) is 0 Å². The van der Waals surface area contributed by atoms with Crippen LogP contribution in [0.3, 0.4) is 0 Å². The molecule has 1 unspecified atom stereocenters. The van der Waals surface area contributed by atoms with E-state index in [1.807, 2.05) is 19.1 Å². The van der Waals surface area contributed by atoms with Crippen molar-refractivity contribution in [3.63, 3.8) is 0 Å². The number of methoxy groups -OCH3 is 1. The molecule has 0 bridgehead atoms. The molecule has 6 heteroatoms. The van der Waals surface area contributed by atoms with Gasteiger partial charge < -0.3 is 14.4 Å². The average molecular weight is 668 g/mol. The summed E-state index contributed by atoms with van der Waals surface area (Å²) < 4.78 is 11.3. The summed E-state index contributed by atoms with van der Waals surface area (Å²) in [4.78, 5) is 27.9. The van der Waals surface area contributed by atoms with Gasteiger partial charge in [0.2, 0.25) is 0 Å². The molecule has 1 aromatic carbocycles. The zero-order chi connectivity index (χ0) is 34.1. The Morgan fingerprint density at radius 2 is 1.68 bits per heavy atom. The number of nitrogens with zero attached hydrogens (tertiary/aromatic N) is 1. The minimum absolute atomic E-state index is 0.0292. The smallest absolute Gasteiger partial charge is 0.329 e. The Kier molecular flexibility index (Phi) is 11.2. The number of hydrogen-bond acceptors (Lipinski definition) is 5. The van der Waals surface area contributed by atoms with E-state index in [0.717, 1.165) is 54.5 Å². The first-order valence-electron chi connectivity index (χ1n) is 18.8. The molecule has 262 valence electrons. The van der Waals surface area contributed by atoms with Gasteiger partial charge in [0, 0.05) is 17.1 Å². The molecule has 5 rings (SSSR count). The number of allylic oxidation sites excluding steroid dienone is 1. The molecule has 3 fully saturated rings. The highest BCUT2D eigenvalue weighted by molar-refractivity contribution is 6.30. The van der Waals surface area contributed by atoms with E-state index in [4.69, 9.17) is 21.1 Å². The summed E-state index contributed by atoms with van der Waals surface area (Å²) in [5.74, 6) is 3.20. The summed E-state index contributed by atoms with van der Waals surface area (Å²) >= 11 is 6.14. The summed E-state index contributed by atoms with van der Waals surface area (Å²) in [6.07, 6.45) is 16.4. The van der Waals surface area contributed by atoms with Crippen LogP contribution >= 0.6 is 11.6 Å². The Hall–Kier alpha value is -2.01. The van der Waals surface area contributed by atoms with Crippen LogP contribution in [0, 0.1) is 45.8 Å². The van der Waals surface area contributed by atoms with Gasteiger partial charge in [0.25, 0.3) is 0 Å². The average Bonchev–Trinajstić information content (AvgIpc) is 3.32. The number of carbonyl (C=O) groups excluding carboxylic acids is 2. The predicted molar refractivity (Wildman–Crippen MR) is 192 cm³/mol.